The van der Waals surface area contributed by atoms with Gasteiger partial charge in [-0.15, -0.1) is 0 Å². The number of sulfonamides is 1. The second kappa shape index (κ2) is 7.90. The number of carbonyl (C=O) groups excluding carboxylic acids is 1. The van der Waals surface area contributed by atoms with Gasteiger partial charge in [0.25, 0.3) is 5.91 Å². The number of aromatic nitrogens is 1. The minimum atomic E-state index is -3.76. The lowest BCUT2D eigenvalue weighted by atomic mass is 9.86. The molecule has 1 aliphatic heterocycles. The van der Waals surface area contributed by atoms with E-state index < -0.39 is 27.6 Å². The van der Waals surface area contributed by atoms with Crippen LogP contribution in [0.4, 0.5) is 4.39 Å². The van der Waals surface area contributed by atoms with E-state index in [4.69, 9.17) is 17.3 Å². The molecule has 2 heterocycles. The topological polar surface area (TPSA) is 118 Å². The molecule has 1 fully saturated rings. The van der Waals surface area contributed by atoms with Crippen LogP contribution in [0.25, 0.3) is 0 Å². The zero-order valence-electron chi connectivity index (χ0n) is 16.9. The van der Waals surface area contributed by atoms with E-state index in [0.717, 1.165) is 17.1 Å². The normalized spacial score (nSPS) is 27.8. The Morgan fingerprint density at radius 1 is 1.42 bits per heavy atom. The summed E-state index contributed by atoms with van der Waals surface area (Å²) in [5, 5.41) is 3.07. The minimum absolute atomic E-state index is 0.0215. The fourth-order valence-corrected chi connectivity index (χ4v) is 5.74. The van der Waals surface area contributed by atoms with E-state index in [1.54, 1.807) is 6.92 Å². The van der Waals surface area contributed by atoms with Crippen LogP contribution in [-0.2, 0) is 10.0 Å². The highest BCUT2D eigenvalue weighted by Gasteiger charge is 2.46. The Hall–Kier alpha value is -2.46. The Bertz CT molecular complexity index is 1100. The monoisotopic (exact) mass is 467 g/mol. The van der Waals surface area contributed by atoms with Gasteiger partial charge in [-0.1, -0.05) is 17.7 Å². The third-order valence-corrected chi connectivity index (χ3v) is 7.73. The molecular weight excluding hydrogens is 445 g/mol. The van der Waals surface area contributed by atoms with Crippen molar-refractivity contribution in [1.82, 2.24) is 14.6 Å². The maximum Gasteiger partial charge on any atom is 0.274 e. The number of allylic oxidation sites excluding steroid dienone is 2. The molecule has 3 N–H and O–H groups in total. The van der Waals surface area contributed by atoms with E-state index in [-0.39, 0.29) is 29.4 Å². The summed E-state index contributed by atoms with van der Waals surface area (Å²) in [5.41, 5.74) is 5.29. The van der Waals surface area contributed by atoms with Crippen LogP contribution in [0.3, 0.4) is 0 Å². The predicted molar refractivity (Wildman–Crippen MR) is 116 cm³/mol. The third kappa shape index (κ3) is 4.59. The number of nitrogens with one attached hydrogen (secondary N) is 1. The average Bonchev–Trinajstić information content (AvgIpc) is 3.50. The van der Waals surface area contributed by atoms with E-state index >= 15 is 0 Å². The Morgan fingerprint density at radius 3 is 2.77 bits per heavy atom. The van der Waals surface area contributed by atoms with Gasteiger partial charge >= 0.3 is 0 Å². The van der Waals surface area contributed by atoms with Gasteiger partial charge in [0.2, 0.25) is 16.0 Å². The molecule has 1 aromatic heterocycles. The van der Waals surface area contributed by atoms with E-state index in [0.29, 0.717) is 23.2 Å². The molecule has 8 nitrogen and oxygen atoms in total. The average molecular weight is 468 g/mol. The first kappa shape index (κ1) is 21.8. The van der Waals surface area contributed by atoms with Gasteiger partial charge in [-0.05, 0) is 49.5 Å². The molecule has 2 atom stereocenters. The van der Waals surface area contributed by atoms with Crippen LogP contribution >= 0.6 is 11.6 Å². The largest absolute Gasteiger partial charge is 0.369 e. The lowest BCUT2D eigenvalue weighted by Crippen LogP contribution is -2.55. The number of alkyl halides is 1. The molecule has 1 aromatic rings. The molecule has 1 saturated carbocycles. The first-order chi connectivity index (χ1) is 14.6. The summed E-state index contributed by atoms with van der Waals surface area (Å²) in [4.78, 5) is 20.8. The summed E-state index contributed by atoms with van der Waals surface area (Å²) in [6.07, 6.45) is 4.78. The SMILES string of the molecule is CC1(C2=CC(NC(=O)c3ccc(Cl)cn3)=CCC2F)CS(=O)(=O)N(CC2CC2)C(N)=N1. The van der Waals surface area contributed by atoms with Crippen molar-refractivity contribution < 1.29 is 17.6 Å². The minimum Gasteiger partial charge on any atom is -0.369 e. The molecule has 3 aliphatic rings. The maximum absolute atomic E-state index is 14.9. The summed E-state index contributed by atoms with van der Waals surface area (Å²) >= 11 is 5.79. The fourth-order valence-electron chi connectivity index (χ4n) is 3.77. The highest BCUT2D eigenvalue weighted by atomic mass is 35.5. The van der Waals surface area contributed by atoms with Crippen molar-refractivity contribution in [2.45, 2.75) is 37.9 Å². The molecule has 0 spiro atoms. The highest BCUT2D eigenvalue weighted by molar-refractivity contribution is 7.89. The number of nitrogens with two attached hydrogens (primary N) is 1. The highest BCUT2D eigenvalue weighted by Crippen LogP contribution is 2.38. The lowest BCUT2D eigenvalue weighted by molar-refractivity contribution is 0.0961. The number of guanidine groups is 1. The quantitative estimate of drug-likeness (QED) is 0.687. The van der Waals surface area contributed by atoms with Crippen LogP contribution in [0.5, 0.6) is 0 Å². The van der Waals surface area contributed by atoms with Gasteiger partial charge in [0.15, 0.2) is 0 Å². The van der Waals surface area contributed by atoms with Crippen LogP contribution in [0.1, 0.15) is 36.7 Å². The smallest absolute Gasteiger partial charge is 0.274 e. The van der Waals surface area contributed by atoms with Crippen LogP contribution in [0, 0.1) is 5.92 Å². The summed E-state index contributed by atoms with van der Waals surface area (Å²) in [6, 6.07) is 3.01. The Kier molecular flexibility index (Phi) is 5.55. The van der Waals surface area contributed by atoms with Gasteiger partial charge in [-0.25, -0.2) is 27.1 Å². The summed E-state index contributed by atoms with van der Waals surface area (Å²) < 4.78 is 41.8. The number of nitrogens with zero attached hydrogens (tertiary/aromatic N) is 3. The van der Waals surface area contributed by atoms with Crippen LogP contribution in [-0.4, -0.2) is 53.6 Å². The van der Waals surface area contributed by atoms with Crippen molar-refractivity contribution in [2.75, 3.05) is 12.3 Å². The second-order valence-electron chi connectivity index (χ2n) is 8.25. The molecule has 0 bridgehead atoms. The number of pyridine rings is 1. The molecule has 0 saturated heterocycles. The van der Waals surface area contributed by atoms with E-state index in [9.17, 15) is 17.6 Å². The van der Waals surface area contributed by atoms with Gasteiger partial charge < -0.3 is 11.1 Å². The number of rotatable bonds is 5. The van der Waals surface area contributed by atoms with Crippen molar-refractivity contribution in [3.63, 3.8) is 0 Å². The number of hydrogen-bond acceptors (Lipinski definition) is 6. The third-order valence-electron chi connectivity index (χ3n) is 5.57. The second-order valence-corrected chi connectivity index (χ2v) is 10.6. The summed E-state index contributed by atoms with van der Waals surface area (Å²) in [6.45, 7) is 1.86. The first-order valence-electron chi connectivity index (χ1n) is 9.92. The fraction of sp³-hybridized carbons (Fsp3) is 0.450. The molecule has 2 unspecified atom stereocenters. The van der Waals surface area contributed by atoms with Gasteiger partial charge in [-0.2, -0.15) is 0 Å². The molecule has 1 amide bonds. The molecule has 2 aliphatic carbocycles. The zero-order chi connectivity index (χ0) is 22.4. The molecule has 4 rings (SSSR count). The van der Waals surface area contributed by atoms with Crippen molar-refractivity contribution in [2.24, 2.45) is 16.6 Å². The van der Waals surface area contributed by atoms with Crippen LogP contribution < -0.4 is 11.1 Å². The summed E-state index contributed by atoms with van der Waals surface area (Å²) in [7, 11) is -3.76. The standard InChI is InChI=1S/C20H23ClFN5O3S/c1-20(11-31(29,30)27(19(23)26-20)10-12-2-3-12)15-8-14(5-6-16(15)22)25-18(28)17-7-4-13(21)9-24-17/h4-5,7-9,12,16H,2-3,6,10-11H2,1H3,(H2,23,26)(H,25,28). The molecule has 166 valence electrons. The zero-order valence-corrected chi connectivity index (χ0v) is 18.5. The Balaban J connectivity index is 1.59. The van der Waals surface area contributed by atoms with Crippen molar-refractivity contribution in [3.8, 4) is 0 Å². The van der Waals surface area contributed by atoms with Crippen molar-refractivity contribution in [1.29, 1.82) is 0 Å². The lowest BCUT2D eigenvalue weighted by Gasteiger charge is -2.39. The molecule has 31 heavy (non-hydrogen) atoms. The predicted octanol–water partition coefficient (Wildman–Crippen LogP) is 2.15. The summed E-state index contributed by atoms with van der Waals surface area (Å²) in [5.74, 6) is -0.711. The van der Waals surface area contributed by atoms with E-state index in [1.165, 1.54) is 30.5 Å². The molecular formula is C20H23ClFN5O3S. The molecule has 11 heteroatoms. The van der Waals surface area contributed by atoms with Gasteiger partial charge in [0.1, 0.15) is 17.4 Å². The van der Waals surface area contributed by atoms with E-state index in [1.807, 2.05) is 0 Å². The van der Waals surface area contributed by atoms with Gasteiger partial charge in [-0.3, -0.25) is 4.79 Å². The van der Waals surface area contributed by atoms with Gasteiger partial charge in [0, 0.05) is 24.9 Å². The van der Waals surface area contributed by atoms with Crippen LogP contribution in [0.15, 0.2) is 46.7 Å². The van der Waals surface area contributed by atoms with Crippen molar-refractivity contribution >= 4 is 33.5 Å². The van der Waals surface area contributed by atoms with Gasteiger partial charge in [0.05, 0.1) is 10.8 Å². The molecule has 0 radical (unpaired) electrons. The Labute approximate surface area is 185 Å². The number of aliphatic imine (C=N–C) groups is 1. The molecule has 0 aromatic carbocycles. The first-order valence-corrected chi connectivity index (χ1v) is 11.9. The maximum atomic E-state index is 14.9. The van der Waals surface area contributed by atoms with Crippen molar-refractivity contribution in [3.05, 3.63) is 52.5 Å². The number of carbonyl (C=O) groups is 1. The number of amides is 1. The van der Waals surface area contributed by atoms with Crippen LogP contribution in [0.2, 0.25) is 5.02 Å². The Morgan fingerprint density at radius 2 is 2.16 bits per heavy atom. The van der Waals surface area contributed by atoms with E-state index in [2.05, 4.69) is 15.3 Å². The number of hydrogen-bond donors (Lipinski definition) is 2. The number of halogens is 2.